The van der Waals surface area contributed by atoms with E-state index in [0.717, 1.165) is 0 Å². The third-order valence-corrected chi connectivity index (χ3v) is 1.91. The minimum atomic E-state index is -1.69. The summed E-state index contributed by atoms with van der Waals surface area (Å²) in [4.78, 5) is 14.7. The topological polar surface area (TPSA) is 99.9 Å². The van der Waals surface area contributed by atoms with Crippen LogP contribution in [0.5, 0.6) is 5.75 Å². The van der Waals surface area contributed by atoms with Gasteiger partial charge >= 0.3 is 5.97 Å². The van der Waals surface area contributed by atoms with Gasteiger partial charge in [0, 0.05) is 11.8 Å². The molecule has 1 heterocycles. The molecule has 16 heavy (non-hydrogen) atoms. The van der Waals surface area contributed by atoms with Crippen LogP contribution in [0.3, 0.4) is 0 Å². The van der Waals surface area contributed by atoms with Crippen molar-refractivity contribution in [2.75, 3.05) is 6.61 Å². The van der Waals surface area contributed by atoms with Gasteiger partial charge < -0.3 is 20.1 Å². The number of hydrogen-bond donors (Lipinski definition) is 3. The van der Waals surface area contributed by atoms with E-state index in [9.17, 15) is 15.0 Å². The second-order valence-electron chi connectivity index (χ2n) is 3.12. The van der Waals surface area contributed by atoms with Gasteiger partial charge in [0.05, 0.1) is 12.8 Å². The Morgan fingerprint density at radius 2 is 2.19 bits per heavy atom. The first-order valence-electron chi connectivity index (χ1n) is 4.73. The van der Waals surface area contributed by atoms with E-state index < -0.39 is 18.2 Å². The van der Waals surface area contributed by atoms with Crippen molar-refractivity contribution in [3.05, 3.63) is 24.0 Å². The lowest BCUT2D eigenvalue weighted by Crippen LogP contribution is -2.29. The van der Waals surface area contributed by atoms with Crippen LogP contribution in [0, 0.1) is 0 Å². The molecule has 0 saturated heterocycles. The van der Waals surface area contributed by atoms with Crippen molar-refractivity contribution in [1.29, 1.82) is 0 Å². The lowest BCUT2D eigenvalue weighted by Gasteiger charge is -2.16. The third-order valence-electron chi connectivity index (χ3n) is 1.91. The minimum absolute atomic E-state index is 0.112. The molecular formula is C10H13NO5. The number of ether oxygens (including phenoxy) is 1. The highest BCUT2D eigenvalue weighted by molar-refractivity contribution is 5.75. The summed E-state index contributed by atoms with van der Waals surface area (Å²) in [5.74, 6) is -1.08. The number of rotatable bonds is 4. The molecule has 6 nitrogen and oxygen atoms in total. The molecule has 3 N–H and O–H groups in total. The predicted octanol–water partition coefficient (Wildman–Crippen LogP) is -0.255. The summed E-state index contributed by atoms with van der Waals surface area (Å²) in [5.41, 5.74) is 0.139. The summed E-state index contributed by atoms with van der Waals surface area (Å²) in [6.45, 7) is 1.70. The minimum Gasteiger partial charge on any atom is -0.506 e. The third kappa shape index (κ3) is 2.91. The number of aliphatic hydroxyl groups is 2. The van der Waals surface area contributed by atoms with Gasteiger partial charge in [0.25, 0.3) is 0 Å². The van der Waals surface area contributed by atoms with Crippen molar-refractivity contribution < 1.29 is 24.9 Å². The number of aromatic nitrogens is 1. The molecule has 0 amide bonds. The van der Waals surface area contributed by atoms with E-state index in [1.165, 1.54) is 18.5 Å². The molecule has 0 aliphatic heterocycles. The number of esters is 1. The maximum absolute atomic E-state index is 11.1. The summed E-state index contributed by atoms with van der Waals surface area (Å²) in [6.07, 6.45) is -0.748. The van der Waals surface area contributed by atoms with E-state index in [0.29, 0.717) is 0 Å². The highest BCUT2D eigenvalue weighted by Gasteiger charge is 2.27. The standard InChI is InChI=1S/C10H13NO5/c1-2-16-10(15)9(14)8(13)6-3-7(12)5-11-4-6/h3-5,8-9,12-14H,2H2,1H3. The molecule has 0 bridgehead atoms. The van der Waals surface area contributed by atoms with Crippen molar-refractivity contribution in [2.45, 2.75) is 19.1 Å². The molecule has 0 saturated carbocycles. The Balaban J connectivity index is 2.77. The van der Waals surface area contributed by atoms with Crippen molar-refractivity contribution in [3.63, 3.8) is 0 Å². The van der Waals surface area contributed by atoms with E-state index in [1.54, 1.807) is 6.92 Å². The molecule has 2 unspecified atom stereocenters. The van der Waals surface area contributed by atoms with Crippen molar-refractivity contribution in [3.8, 4) is 5.75 Å². The first kappa shape index (κ1) is 12.4. The Morgan fingerprint density at radius 3 is 2.75 bits per heavy atom. The van der Waals surface area contributed by atoms with Crippen molar-refractivity contribution in [1.82, 2.24) is 4.98 Å². The Bertz CT molecular complexity index is 368. The Morgan fingerprint density at radius 1 is 1.50 bits per heavy atom. The molecule has 0 aliphatic rings. The van der Waals surface area contributed by atoms with Crippen molar-refractivity contribution >= 4 is 5.97 Å². The number of nitrogens with zero attached hydrogens (tertiary/aromatic N) is 1. The highest BCUT2D eigenvalue weighted by Crippen LogP contribution is 2.20. The van der Waals surface area contributed by atoms with Crippen LogP contribution < -0.4 is 0 Å². The van der Waals surface area contributed by atoms with Crippen LogP contribution in [0.2, 0.25) is 0 Å². The number of carbonyl (C=O) groups is 1. The Kier molecular flexibility index (Phi) is 4.21. The molecule has 1 aromatic heterocycles. The SMILES string of the molecule is CCOC(=O)C(O)C(O)c1cncc(O)c1. The van der Waals surface area contributed by atoms with E-state index in [4.69, 9.17) is 5.11 Å². The fourth-order valence-electron chi connectivity index (χ4n) is 1.15. The molecule has 0 aliphatic carbocycles. The van der Waals surface area contributed by atoms with Gasteiger partial charge in [0.2, 0.25) is 0 Å². The van der Waals surface area contributed by atoms with Crippen LogP contribution in [0.25, 0.3) is 0 Å². The van der Waals surface area contributed by atoms with Gasteiger partial charge in [-0.1, -0.05) is 0 Å². The summed E-state index contributed by atoms with van der Waals surface area (Å²) in [5, 5.41) is 28.2. The van der Waals surface area contributed by atoms with Gasteiger partial charge in [0.1, 0.15) is 11.9 Å². The number of aromatic hydroxyl groups is 1. The molecule has 6 heteroatoms. The zero-order valence-corrected chi connectivity index (χ0v) is 8.70. The molecular weight excluding hydrogens is 214 g/mol. The van der Waals surface area contributed by atoms with Crippen molar-refractivity contribution in [2.24, 2.45) is 0 Å². The van der Waals surface area contributed by atoms with E-state index in [-0.39, 0.29) is 17.9 Å². The van der Waals surface area contributed by atoms with Crippen LogP contribution in [0.15, 0.2) is 18.5 Å². The number of hydrogen-bond acceptors (Lipinski definition) is 6. The van der Waals surface area contributed by atoms with Crippen LogP contribution in [0.1, 0.15) is 18.6 Å². The van der Waals surface area contributed by atoms with E-state index >= 15 is 0 Å². The molecule has 0 spiro atoms. The van der Waals surface area contributed by atoms with Gasteiger partial charge in [-0.2, -0.15) is 0 Å². The maximum atomic E-state index is 11.1. The second kappa shape index (κ2) is 5.43. The molecule has 0 radical (unpaired) electrons. The lowest BCUT2D eigenvalue weighted by atomic mass is 10.1. The van der Waals surface area contributed by atoms with Gasteiger partial charge in [-0.05, 0) is 13.0 Å². The van der Waals surface area contributed by atoms with Gasteiger partial charge in [-0.15, -0.1) is 0 Å². The van der Waals surface area contributed by atoms with Gasteiger partial charge in [-0.3, -0.25) is 4.98 Å². The molecule has 0 aromatic carbocycles. The zero-order chi connectivity index (χ0) is 12.1. The monoisotopic (exact) mass is 227 g/mol. The predicted molar refractivity (Wildman–Crippen MR) is 53.5 cm³/mol. The number of aliphatic hydroxyl groups excluding tert-OH is 2. The summed E-state index contributed by atoms with van der Waals surface area (Å²) < 4.78 is 4.54. The number of carbonyl (C=O) groups excluding carboxylic acids is 1. The first-order valence-corrected chi connectivity index (χ1v) is 4.73. The van der Waals surface area contributed by atoms with Crippen LogP contribution in [-0.2, 0) is 9.53 Å². The summed E-state index contributed by atoms with van der Waals surface area (Å²) in [7, 11) is 0. The van der Waals surface area contributed by atoms with Gasteiger partial charge in [-0.25, -0.2) is 4.79 Å². The Labute approximate surface area is 92.1 Å². The molecule has 2 atom stereocenters. The average Bonchev–Trinajstić information content (AvgIpc) is 2.27. The zero-order valence-electron chi connectivity index (χ0n) is 8.70. The normalized spacial score (nSPS) is 14.2. The quantitative estimate of drug-likeness (QED) is 0.613. The molecule has 88 valence electrons. The van der Waals surface area contributed by atoms with E-state index in [1.807, 2.05) is 0 Å². The molecule has 1 rings (SSSR count). The van der Waals surface area contributed by atoms with Crippen LogP contribution >= 0.6 is 0 Å². The van der Waals surface area contributed by atoms with Gasteiger partial charge in [0.15, 0.2) is 6.10 Å². The van der Waals surface area contributed by atoms with E-state index in [2.05, 4.69) is 9.72 Å². The smallest absolute Gasteiger partial charge is 0.338 e. The largest absolute Gasteiger partial charge is 0.506 e. The first-order chi connectivity index (χ1) is 7.56. The second-order valence-corrected chi connectivity index (χ2v) is 3.12. The highest BCUT2D eigenvalue weighted by atomic mass is 16.5. The fraction of sp³-hybridized carbons (Fsp3) is 0.400. The average molecular weight is 227 g/mol. The molecule has 1 aromatic rings. The summed E-state index contributed by atoms with van der Waals surface area (Å²) in [6, 6.07) is 1.21. The molecule has 0 fully saturated rings. The number of pyridine rings is 1. The Hall–Kier alpha value is -1.66. The fourth-order valence-corrected chi connectivity index (χ4v) is 1.15. The summed E-state index contributed by atoms with van der Waals surface area (Å²) >= 11 is 0. The maximum Gasteiger partial charge on any atom is 0.338 e. The van der Waals surface area contributed by atoms with Crippen LogP contribution in [0.4, 0.5) is 0 Å². The van der Waals surface area contributed by atoms with Crippen LogP contribution in [-0.4, -0.2) is 39.0 Å². The lowest BCUT2D eigenvalue weighted by molar-refractivity contribution is -0.159.